The Hall–Kier alpha value is -2.90. The molecule has 1 aromatic heterocycles. The highest BCUT2D eigenvalue weighted by molar-refractivity contribution is 6.09. The summed E-state index contributed by atoms with van der Waals surface area (Å²) in [5, 5.41) is 5.70. The van der Waals surface area contributed by atoms with E-state index in [-0.39, 0.29) is 24.3 Å². The number of para-hydroxylation sites is 2. The summed E-state index contributed by atoms with van der Waals surface area (Å²) in [6, 6.07) is 7.39. The maximum Gasteiger partial charge on any atom is 0.325 e. The second-order valence-corrected chi connectivity index (χ2v) is 8.09. The summed E-state index contributed by atoms with van der Waals surface area (Å²) in [7, 11) is 0. The van der Waals surface area contributed by atoms with Gasteiger partial charge in [0, 0.05) is 13.1 Å². The number of rotatable bonds is 5. The maximum atomic E-state index is 12.9. The van der Waals surface area contributed by atoms with Gasteiger partial charge in [-0.15, -0.1) is 0 Å². The number of benzene rings is 1. The van der Waals surface area contributed by atoms with Gasteiger partial charge < -0.3 is 15.2 Å². The first-order chi connectivity index (χ1) is 13.9. The molecule has 4 rings (SSSR count). The zero-order valence-corrected chi connectivity index (χ0v) is 16.9. The number of imide groups is 1. The first kappa shape index (κ1) is 19.4. The fraction of sp³-hybridized carbons (Fsp3) is 0.524. The van der Waals surface area contributed by atoms with E-state index in [4.69, 9.17) is 0 Å². The predicted molar refractivity (Wildman–Crippen MR) is 108 cm³/mol. The zero-order chi connectivity index (χ0) is 20.6. The number of hydrogen-bond acceptors (Lipinski definition) is 4. The number of imidazole rings is 1. The molecule has 1 saturated heterocycles. The molecule has 2 N–H and O–H groups in total. The average molecular weight is 397 g/mol. The van der Waals surface area contributed by atoms with Gasteiger partial charge in [-0.05, 0) is 37.8 Å². The topological polar surface area (TPSA) is 96.3 Å². The molecule has 4 amide bonds. The van der Waals surface area contributed by atoms with E-state index >= 15 is 0 Å². The Kier molecular flexibility index (Phi) is 5.02. The van der Waals surface area contributed by atoms with E-state index in [1.807, 2.05) is 42.7 Å². The van der Waals surface area contributed by atoms with Gasteiger partial charge in [-0.25, -0.2) is 9.78 Å². The zero-order valence-electron chi connectivity index (χ0n) is 16.9. The van der Waals surface area contributed by atoms with Crippen LogP contribution in [0.2, 0.25) is 0 Å². The van der Waals surface area contributed by atoms with Crippen molar-refractivity contribution in [2.24, 2.45) is 5.92 Å². The maximum absolute atomic E-state index is 12.9. The molecule has 0 unspecified atom stereocenters. The van der Waals surface area contributed by atoms with Crippen LogP contribution in [0.15, 0.2) is 24.3 Å². The lowest BCUT2D eigenvalue weighted by atomic mass is 9.73. The molecular weight excluding hydrogens is 370 g/mol. The molecule has 0 bridgehead atoms. The minimum absolute atomic E-state index is 0.0817. The van der Waals surface area contributed by atoms with Gasteiger partial charge in [-0.1, -0.05) is 31.9 Å². The highest BCUT2D eigenvalue weighted by atomic mass is 16.2. The third-order valence-corrected chi connectivity index (χ3v) is 6.31. The molecule has 1 aromatic carbocycles. The summed E-state index contributed by atoms with van der Waals surface area (Å²) < 4.78 is 2.04. The van der Waals surface area contributed by atoms with Crippen LogP contribution in [-0.4, -0.2) is 50.9 Å². The molecule has 1 aliphatic heterocycles. The number of nitrogens with one attached hydrogen (secondary N) is 2. The molecule has 1 aliphatic carbocycles. The molecule has 2 atom stereocenters. The molecule has 154 valence electrons. The molecule has 8 nitrogen and oxygen atoms in total. The van der Waals surface area contributed by atoms with Crippen molar-refractivity contribution in [2.75, 3.05) is 13.1 Å². The van der Waals surface area contributed by atoms with Crippen molar-refractivity contribution >= 4 is 28.9 Å². The first-order valence-electron chi connectivity index (χ1n) is 10.2. The highest BCUT2D eigenvalue weighted by Gasteiger charge is 2.55. The highest BCUT2D eigenvalue weighted by Crippen LogP contribution is 2.38. The molecule has 0 radical (unpaired) electrons. The lowest BCUT2D eigenvalue weighted by Crippen LogP contribution is -2.54. The van der Waals surface area contributed by atoms with Crippen LogP contribution in [0.25, 0.3) is 11.0 Å². The Labute approximate surface area is 169 Å². The molecule has 2 aromatic rings. The summed E-state index contributed by atoms with van der Waals surface area (Å²) >= 11 is 0. The number of nitrogens with zero attached hydrogens (tertiary/aromatic N) is 3. The molecular formula is C21H27N5O3. The van der Waals surface area contributed by atoms with Crippen molar-refractivity contribution in [1.82, 2.24) is 25.1 Å². The van der Waals surface area contributed by atoms with Crippen LogP contribution in [0.3, 0.4) is 0 Å². The second-order valence-electron chi connectivity index (χ2n) is 8.09. The van der Waals surface area contributed by atoms with Crippen LogP contribution in [0.4, 0.5) is 4.79 Å². The lowest BCUT2D eigenvalue weighted by molar-refractivity contribution is -0.137. The van der Waals surface area contributed by atoms with E-state index in [9.17, 15) is 14.4 Å². The van der Waals surface area contributed by atoms with Crippen molar-refractivity contribution in [3.63, 3.8) is 0 Å². The number of aromatic nitrogens is 2. The summed E-state index contributed by atoms with van der Waals surface area (Å²) in [6.07, 6.45) is 3.53. The Bertz CT molecular complexity index is 968. The van der Waals surface area contributed by atoms with Crippen molar-refractivity contribution in [3.05, 3.63) is 30.1 Å². The van der Waals surface area contributed by atoms with E-state index in [1.165, 1.54) is 0 Å². The van der Waals surface area contributed by atoms with Gasteiger partial charge in [-0.2, -0.15) is 0 Å². The largest absolute Gasteiger partial charge is 0.353 e. The van der Waals surface area contributed by atoms with Crippen molar-refractivity contribution in [3.8, 4) is 0 Å². The lowest BCUT2D eigenvalue weighted by Gasteiger charge is -2.36. The van der Waals surface area contributed by atoms with Crippen LogP contribution in [-0.2, 0) is 16.1 Å². The number of fused-ring (bicyclic) bond motifs is 1. The molecule has 29 heavy (non-hydrogen) atoms. The van der Waals surface area contributed by atoms with Crippen LogP contribution in [0.5, 0.6) is 0 Å². The summed E-state index contributed by atoms with van der Waals surface area (Å²) in [6.45, 7) is 4.64. The first-order valence-corrected chi connectivity index (χ1v) is 10.2. The quantitative estimate of drug-likeness (QED) is 0.754. The summed E-state index contributed by atoms with van der Waals surface area (Å²) in [5.41, 5.74) is 1.10. The van der Waals surface area contributed by atoms with Crippen LogP contribution >= 0.6 is 0 Å². The van der Waals surface area contributed by atoms with Crippen molar-refractivity contribution in [2.45, 2.75) is 51.6 Å². The van der Waals surface area contributed by atoms with Crippen molar-refractivity contribution < 1.29 is 14.4 Å². The number of amides is 4. The van der Waals surface area contributed by atoms with Gasteiger partial charge in [0.05, 0.1) is 11.0 Å². The van der Waals surface area contributed by atoms with Gasteiger partial charge >= 0.3 is 6.03 Å². The summed E-state index contributed by atoms with van der Waals surface area (Å²) in [5.74, 6) is 0.360. The third-order valence-electron chi connectivity index (χ3n) is 6.31. The van der Waals surface area contributed by atoms with Crippen LogP contribution in [0, 0.1) is 12.8 Å². The number of carbonyl (C=O) groups excluding carboxylic acids is 3. The van der Waals surface area contributed by atoms with E-state index < -0.39 is 11.6 Å². The number of hydrogen-bond donors (Lipinski definition) is 2. The van der Waals surface area contributed by atoms with Gasteiger partial charge in [0.2, 0.25) is 5.91 Å². The van der Waals surface area contributed by atoms with E-state index in [0.29, 0.717) is 19.5 Å². The Morgan fingerprint density at radius 3 is 2.90 bits per heavy atom. The van der Waals surface area contributed by atoms with Crippen molar-refractivity contribution in [1.29, 1.82) is 0 Å². The molecule has 1 saturated carbocycles. The average Bonchev–Trinajstić information content (AvgIpc) is 3.13. The minimum Gasteiger partial charge on any atom is -0.353 e. The third kappa shape index (κ3) is 3.36. The molecule has 1 spiro atoms. The predicted octanol–water partition coefficient (Wildman–Crippen LogP) is 1.96. The molecule has 2 fully saturated rings. The molecule has 2 heterocycles. The van der Waals surface area contributed by atoms with E-state index in [2.05, 4.69) is 15.6 Å². The number of urea groups is 1. The van der Waals surface area contributed by atoms with E-state index in [1.54, 1.807) is 0 Å². The number of carbonyl (C=O) groups is 3. The summed E-state index contributed by atoms with van der Waals surface area (Å²) in [4.78, 5) is 43.3. The number of aryl methyl sites for hydroxylation is 1. The Morgan fingerprint density at radius 2 is 2.10 bits per heavy atom. The molecule has 8 heteroatoms. The minimum atomic E-state index is -0.831. The molecule has 2 aliphatic rings. The van der Waals surface area contributed by atoms with Gasteiger partial charge in [0.25, 0.3) is 5.91 Å². The standard InChI is InChI=1S/C21H27N5O3/c1-14-7-5-6-10-21(14)19(28)26(20(29)24-21)13-18(27)22-11-12-25-15(2)23-16-8-3-4-9-17(16)25/h3-4,8-9,14H,5-7,10-13H2,1-2H3,(H,22,27)(H,24,29)/t14-,21-/m1/s1. The van der Waals surface area contributed by atoms with Gasteiger partial charge in [-0.3, -0.25) is 14.5 Å². The fourth-order valence-corrected chi connectivity index (χ4v) is 4.62. The smallest absolute Gasteiger partial charge is 0.325 e. The monoisotopic (exact) mass is 397 g/mol. The van der Waals surface area contributed by atoms with E-state index in [0.717, 1.165) is 41.0 Å². The van der Waals surface area contributed by atoms with Gasteiger partial charge in [0.1, 0.15) is 17.9 Å². The Morgan fingerprint density at radius 1 is 1.31 bits per heavy atom. The normalized spacial score (nSPS) is 24.3. The second kappa shape index (κ2) is 7.50. The van der Waals surface area contributed by atoms with Crippen LogP contribution in [0.1, 0.15) is 38.4 Å². The SMILES string of the molecule is Cc1nc2ccccc2n1CCNC(=O)CN1C(=O)N[C@@]2(CCCC[C@H]2C)C1=O. The fourth-order valence-electron chi connectivity index (χ4n) is 4.62. The van der Waals surface area contributed by atoms with Crippen LogP contribution < -0.4 is 10.6 Å². The van der Waals surface area contributed by atoms with Gasteiger partial charge in [0.15, 0.2) is 0 Å². The Balaban J connectivity index is 1.36.